The molecule has 0 fully saturated rings. The van der Waals surface area contributed by atoms with Gasteiger partial charge in [0.05, 0.1) is 26.0 Å². The molecule has 3 N–H and O–H groups in total. The van der Waals surface area contributed by atoms with Crippen LogP contribution in [-0.2, 0) is 0 Å². The van der Waals surface area contributed by atoms with E-state index in [-0.39, 0.29) is 12.1 Å². The zero-order chi connectivity index (χ0) is 17.5. The number of urea groups is 1. The predicted octanol–water partition coefficient (Wildman–Crippen LogP) is 2.70. The molecule has 0 aliphatic rings. The summed E-state index contributed by atoms with van der Waals surface area (Å²) in [4.78, 5) is 12.0. The van der Waals surface area contributed by atoms with Crippen molar-refractivity contribution in [1.29, 1.82) is 0 Å². The first-order chi connectivity index (χ1) is 11.5. The minimum absolute atomic E-state index is 0.122. The second kappa shape index (κ2) is 8.16. The Hall–Kier alpha value is -2.80. The van der Waals surface area contributed by atoms with Gasteiger partial charge in [-0.25, -0.2) is 9.18 Å². The summed E-state index contributed by atoms with van der Waals surface area (Å²) in [6.07, 6.45) is -1.15. The van der Waals surface area contributed by atoms with Crippen LogP contribution in [0.1, 0.15) is 11.7 Å². The molecular weight excluding hydrogens is 315 g/mol. The first-order valence-corrected chi connectivity index (χ1v) is 7.24. The molecule has 128 valence electrons. The van der Waals surface area contributed by atoms with Gasteiger partial charge in [0.1, 0.15) is 17.3 Å². The molecule has 7 heteroatoms. The van der Waals surface area contributed by atoms with Crippen LogP contribution >= 0.6 is 0 Å². The summed E-state index contributed by atoms with van der Waals surface area (Å²) in [5.74, 6) is 0.486. The first-order valence-electron chi connectivity index (χ1n) is 7.24. The third-order valence-electron chi connectivity index (χ3n) is 3.38. The van der Waals surface area contributed by atoms with E-state index in [2.05, 4.69) is 10.6 Å². The molecule has 0 radical (unpaired) electrons. The Labute approximate surface area is 139 Å². The summed E-state index contributed by atoms with van der Waals surface area (Å²) in [6, 6.07) is 10.3. The lowest BCUT2D eigenvalue weighted by Crippen LogP contribution is -2.32. The summed E-state index contributed by atoms with van der Waals surface area (Å²) in [5.41, 5.74) is 0.534. The van der Waals surface area contributed by atoms with Crippen LogP contribution in [0.3, 0.4) is 0 Å². The van der Waals surface area contributed by atoms with Crippen LogP contribution in [0.4, 0.5) is 14.9 Å². The Kier molecular flexibility index (Phi) is 5.97. The number of amides is 2. The smallest absolute Gasteiger partial charge is 0.319 e. The third kappa shape index (κ3) is 4.36. The molecule has 2 rings (SSSR count). The minimum Gasteiger partial charge on any atom is -0.497 e. The SMILES string of the molecule is COc1ccc(OC)c(NC(=O)NCC(O)c2ccccc2F)c1. The fourth-order valence-electron chi connectivity index (χ4n) is 2.12. The van der Waals surface area contributed by atoms with E-state index in [0.29, 0.717) is 17.2 Å². The van der Waals surface area contributed by atoms with Gasteiger partial charge < -0.3 is 25.2 Å². The summed E-state index contributed by atoms with van der Waals surface area (Å²) in [7, 11) is 2.99. The Morgan fingerprint density at radius 2 is 1.96 bits per heavy atom. The van der Waals surface area contributed by atoms with E-state index in [1.807, 2.05) is 0 Å². The Morgan fingerprint density at radius 3 is 2.62 bits per heavy atom. The minimum atomic E-state index is -1.15. The first kappa shape index (κ1) is 17.6. The molecule has 2 amide bonds. The predicted molar refractivity (Wildman–Crippen MR) is 87.9 cm³/mol. The van der Waals surface area contributed by atoms with Crippen LogP contribution < -0.4 is 20.1 Å². The fourth-order valence-corrected chi connectivity index (χ4v) is 2.12. The number of carbonyl (C=O) groups excluding carboxylic acids is 1. The van der Waals surface area contributed by atoms with Crippen molar-refractivity contribution in [3.05, 3.63) is 53.8 Å². The molecule has 1 atom stereocenters. The molecule has 0 saturated carbocycles. The van der Waals surface area contributed by atoms with Gasteiger partial charge in [-0.1, -0.05) is 18.2 Å². The molecule has 0 heterocycles. The number of rotatable bonds is 6. The van der Waals surface area contributed by atoms with Crippen molar-refractivity contribution in [2.45, 2.75) is 6.10 Å². The Balaban J connectivity index is 1.97. The summed E-state index contributed by atoms with van der Waals surface area (Å²) in [5, 5.41) is 15.1. The van der Waals surface area contributed by atoms with Crippen LogP contribution in [0.25, 0.3) is 0 Å². The van der Waals surface area contributed by atoms with Crippen LogP contribution in [0.15, 0.2) is 42.5 Å². The van der Waals surface area contributed by atoms with Crippen molar-refractivity contribution < 1.29 is 23.8 Å². The number of nitrogens with one attached hydrogen (secondary N) is 2. The maximum Gasteiger partial charge on any atom is 0.319 e. The molecule has 0 aliphatic heterocycles. The lowest BCUT2D eigenvalue weighted by Gasteiger charge is -2.15. The fraction of sp³-hybridized carbons (Fsp3) is 0.235. The largest absolute Gasteiger partial charge is 0.497 e. The standard InChI is InChI=1S/C17H19FN2O4/c1-23-11-7-8-16(24-2)14(9-11)20-17(22)19-10-15(21)12-5-3-4-6-13(12)18/h3-9,15,21H,10H2,1-2H3,(H2,19,20,22). The van der Waals surface area contributed by atoms with Crippen molar-refractivity contribution in [1.82, 2.24) is 5.32 Å². The van der Waals surface area contributed by atoms with Crippen LogP contribution in [-0.4, -0.2) is 31.9 Å². The monoisotopic (exact) mass is 334 g/mol. The van der Waals surface area contributed by atoms with Gasteiger partial charge in [-0.2, -0.15) is 0 Å². The van der Waals surface area contributed by atoms with Gasteiger partial charge >= 0.3 is 6.03 Å². The number of hydrogen-bond donors (Lipinski definition) is 3. The van der Waals surface area contributed by atoms with E-state index in [4.69, 9.17) is 9.47 Å². The number of benzene rings is 2. The molecule has 0 aliphatic carbocycles. The van der Waals surface area contributed by atoms with Gasteiger partial charge in [0.15, 0.2) is 0 Å². The van der Waals surface area contributed by atoms with E-state index < -0.39 is 18.0 Å². The number of carbonyl (C=O) groups is 1. The highest BCUT2D eigenvalue weighted by atomic mass is 19.1. The summed E-state index contributed by atoms with van der Waals surface area (Å²) >= 11 is 0. The third-order valence-corrected chi connectivity index (χ3v) is 3.38. The molecule has 0 saturated heterocycles. The van der Waals surface area contributed by atoms with Gasteiger partial charge in [-0.3, -0.25) is 0 Å². The Morgan fingerprint density at radius 1 is 1.21 bits per heavy atom. The van der Waals surface area contributed by atoms with Crippen molar-refractivity contribution in [2.24, 2.45) is 0 Å². The normalized spacial score (nSPS) is 11.5. The zero-order valence-electron chi connectivity index (χ0n) is 13.4. The van der Waals surface area contributed by atoms with Gasteiger partial charge in [0, 0.05) is 18.2 Å². The number of anilines is 1. The molecule has 0 aromatic heterocycles. The van der Waals surface area contributed by atoms with E-state index >= 15 is 0 Å². The number of halogens is 1. The molecule has 0 spiro atoms. The van der Waals surface area contributed by atoms with Gasteiger partial charge in [-0.05, 0) is 18.2 Å². The lowest BCUT2D eigenvalue weighted by atomic mass is 10.1. The molecule has 0 bridgehead atoms. The van der Waals surface area contributed by atoms with Gasteiger partial charge in [0.25, 0.3) is 0 Å². The highest BCUT2D eigenvalue weighted by molar-refractivity contribution is 5.91. The number of aliphatic hydroxyl groups excluding tert-OH is 1. The van der Waals surface area contributed by atoms with Crippen molar-refractivity contribution in [3.63, 3.8) is 0 Å². The lowest BCUT2D eigenvalue weighted by molar-refractivity contribution is 0.170. The number of hydrogen-bond acceptors (Lipinski definition) is 4. The summed E-state index contributed by atoms with van der Waals surface area (Å²) < 4.78 is 23.8. The molecular formula is C17H19FN2O4. The van der Waals surface area contributed by atoms with Crippen LogP contribution in [0.5, 0.6) is 11.5 Å². The molecule has 2 aromatic carbocycles. The van der Waals surface area contributed by atoms with Crippen LogP contribution in [0, 0.1) is 5.82 Å². The maximum atomic E-state index is 13.6. The van der Waals surface area contributed by atoms with E-state index in [1.54, 1.807) is 24.3 Å². The second-order valence-corrected chi connectivity index (χ2v) is 4.94. The van der Waals surface area contributed by atoms with Crippen molar-refractivity contribution in [2.75, 3.05) is 26.1 Å². The van der Waals surface area contributed by atoms with Gasteiger partial charge in [-0.15, -0.1) is 0 Å². The van der Waals surface area contributed by atoms with E-state index in [9.17, 15) is 14.3 Å². The molecule has 24 heavy (non-hydrogen) atoms. The second-order valence-electron chi connectivity index (χ2n) is 4.94. The topological polar surface area (TPSA) is 79.8 Å². The van der Waals surface area contributed by atoms with Crippen molar-refractivity contribution in [3.8, 4) is 11.5 Å². The highest BCUT2D eigenvalue weighted by Crippen LogP contribution is 2.28. The number of methoxy groups -OCH3 is 2. The molecule has 2 aromatic rings. The molecule has 1 unspecified atom stereocenters. The van der Waals surface area contributed by atoms with E-state index in [0.717, 1.165) is 0 Å². The van der Waals surface area contributed by atoms with Gasteiger partial charge in [0.2, 0.25) is 0 Å². The van der Waals surface area contributed by atoms with Crippen LogP contribution in [0.2, 0.25) is 0 Å². The molecule has 6 nitrogen and oxygen atoms in total. The quantitative estimate of drug-likeness (QED) is 0.759. The highest BCUT2D eigenvalue weighted by Gasteiger charge is 2.14. The Bertz CT molecular complexity index is 709. The average Bonchev–Trinajstić information content (AvgIpc) is 2.60. The zero-order valence-corrected chi connectivity index (χ0v) is 13.4. The van der Waals surface area contributed by atoms with Crippen molar-refractivity contribution >= 4 is 11.7 Å². The summed E-state index contributed by atoms with van der Waals surface area (Å²) in [6.45, 7) is -0.140. The maximum absolute atomic E-state index is 13.6. The number of ether oxygens (including phenoxy) is 2. The average molecular weight is 334 g/mol. The van der Waals surface area contributed by atoms with E-state index in [1.165, 1.54) is 32.4 Å². The number of aliphatic hydroxyl groups is 1.